The number of Topliss-reactive ketones (excluding diaryl/α,β-unsaturated/α-hetero) is 4. The number of methoxy groups -OCH3 is 3. The van der Waals surface area contributed by atoms with Crippen LogP contribution in [0.2, 0.25) is 0 Å². The van der Waals surface area contributed by atoms with Gasteiger partial charge in [0.2, 0.25) is 5.79 Å². The number of ketones is 4. The quantitative estimate of drug-likeness (QED) is 0.0139. The van der Waals surface area contributed by atoms with Crippen LogP contribution in [-0.2, 0) is 106 Å². The summed E-state index contributed by atoms with van der Waals surface area (Å²) in [7, 11) is 4.52. The maximum absolute atomic E-state index is 14.7. The average molecular weight is 1730 g/mol. The molecule has 6 heterocycles. The van der Waals surface area contributed by atoms with Crippen LogP contribution in [0.3, 0.4) is 0 Å². The number of oxazole rings is 1. The van der Waals surface area contributed by atoms with Crippen molar-refractivity contribution in [2.75, 3.05) is 145 Å². The second-order valence-electron chi connectivity index (χ2n) is 32.6. The van der Waals surface area contributed by atoms with Crippen molar-refractivity contribution in [3.63, 3.8) is 0 Å². The molecule has 0 unspecified atom stereocenters. The molecule has 0 spiro atoms. The number of hydrogen-bond acceptors (Lipinski definition) is 30. The van der Waals surface area contributed by atoms with Gasteiger partial charge in [0.25, 0.3) is 17.7 Å². The summed E-state index contributed by atoms with van der Waals surface area (Å²) in [6.07, 6.45) is 16.2. The third kappa shape index (κ3) is 33.2. The zero-order valence-corrected chi connectivity index (χ0v) is 74.7. The number of hydrogen-bond donors (Lipinski definition) is 4. The summed E-state index contributed by atoms with van der Waals surface area (Å²) in [5.74, 6) is -8.19. The molecule has 123 heavy (non-hydrogen) atoms. The number of rotatable bonds is 41. The molecule has 2 bridgehead atoms. The van der Waals surface area contributed by atoms with Crippen LogP contribution in [0.25, 0.3) is 33.4 Å². The van der Waals surface area contributed by atoms with E-state index < -0.39 is 95.9 Å². The van der Waals surface area contributed by atoms with E-state index in [0.29, 0.717) is 235 Å². The lowest BCUT2D eigenvalue weighted by atomic mass is 9.78. The third-order valence-corrected chi connectivity index (χ3v) is 23.1. The maximum Gasteiger partial charge on any atom is 0.329 e. The highest BCUT2D eigenvalue weighted by Crippen LogP contribution is 2.40. The van der Waals surface area contributed by atoms with E-state index in [9.17, 15) is 43.8 Å². The molecule has 4 aromatic rings. The van der Waals surface area contributed by atoms with E-state index in [2.05, 4.69) is 15.0 Å². The fourth-order valence-electron chi connectivity index (χ4n) is 15.9. The Morgan fingerprint density at radius 2 is 1.36 bits per heavy atom. The summed E-state index contributed by atoms with van der Waals surface area (Å²) in [6.45, 7) is 25.2. The van der Waals surface area contributed by atoms with E-state index in [1.165, 1.54) is 18.3 Å². The highest BCUT2D eigenvalue weighted by atomic mass is 16.6. The van der Waals surface area contributed by atoms with Crippen molar-refractivity contribution < 1.29 is 115 Å². The first kappa shape index (κ1) is 102. The number of esters is 2. The lowest BCUT2D eigenvalue weighted by Gasteiger charge is -2.42. The summed E-state index contributed by atoms with van der Waals surface area (Å²) in [5, 5.41) is 29.1. The highest BCUT2D eigenvalue weighted by molar-refractivity contribution is 6.39. The van der Waals surface area contributed by atoms with E-state index >= 15 is 0 Å². The number of nitrogen functional groups attached to an aromatic ring is 2. The number of aromatic nitrogens is 5. The van der Waals surface area contributed by atoms with Crippen molar-refractivity contribution in [3.8, 4) is 11.3 Å². The standard InChI is InChI=1S/C65H105NO19.C26H35N7O5/c1-12-78-29-30-80-33-34-82-36-35-81-32-31-79-28-18-22-58(68)83-54-26-24-50(40-57(54)76-10)39-46(5)56-42-53(67)45(4)38-48(7)60(70)61(77-11)59(69)47(6)37-43(2)19-14-13-15-20-44(3)55(75-9)41-51-25-23-49(8)65(74,85-51)62(71)63(72)66-27-17-16-21-52(66)64(73)84-56;1-2-35-12-13-37-15-14-36-11-9-19(34)6-4-3-5-10-33-25-22(24(27)29-17-30-25)23(32-33)18-7-8-21-20(16-18)31-26(28)38-21/h13-15,19-20,38,43,45-47,49-52,54-57,60-61,70,74H,12,16-18,21-37,39-42H2,1-11H3;7-8,16-17H,2-6,9-15H2,1H3,(H2,28,31)(H2,27,29,30)/b15-13+,19-14+,44-20+,48-38+;/t43-,45-,46-,47-,49-,50+,51+,52+,54-,55+,56+,57-,60-,61+,65-;/m1./s1. The number of amides is 1. The summed E-state index contributed by atoms with van der Waals surface area (Å²) >= 11 is 0. The predicted octanol–water partition coefficient (Wildman–Crippen LogP) is 11.0. The maximum atomic E-state index is 14.7. The summed E-state index contributed by atoms with van der Waals surface area (Å²) < 4.78 is 86.5. The van der Waals surface area contributed by atoms with Crippen molar-refractivity contribution in [2.45, 2.75) is 245 Å². The van der Waals surface area contributed by atoms with E-state index in [-0.39, 0.29) is 67.0 Å². The number of benzene rings is 1. The number of anilines is 2. The number of nitrogens with zero attached hydrogens (tertiary/aromatic N) is 6. The molecule has 15 atom stereocenters. The molecular weight excluding hydrogens is 1590 g/mol. The van der Waals surface area contributed by atoms with Gasteiger partial charge in [0.1, 0.15) is 65.4 Å². The van der Waals surface area contributed by atoms with Gasteiger partial charge in [0.15, 0.2) is 17.0 Å². The first-order valence-electron chi connectivity index (χ1n) is 44.2. The number of carbonyl (C=O) groups excluding carboxylic acids is 7. The third-order valence-electron chi connectivity index (χ3n) is 23.1. The Morgan fingerprint density at radius 3 is 2.02 bits per heavy atom. The topological polar surface area (TPSA) is 414 Å². The molecule has 3 fully saturated rings. The molecule has 8 rings (SSSR count). The van der Waals surface area contributed by atoms with Gasteiger partial charge in [-0.1, -0.05) is 77.5 Å². The fourth-order valence-corrected chi connectivity index (χ4v) is 15.9. The lowest BCUT2D eigenvalue weighted by molar-refractivity contribution is -0.265. The molecule has 3 aromatic heterocycles. The monoisotopic (exact) mass is 1730 g/mol. The van der Waals surface area contributed by atoms with Gasteiger partial charge >= 0.3 is 11.9 Å². The van der Waals surface area contributed by atoms with E-state index in [4.69, 9.17) is 87.3 Å². The largest absolute Gasteiger partial charge is 0.460 e. The Kier molecular flexibility index (Phi) is 45.8. The molecular formula is C91H140N8O24. The van der Waals surface area contributed by atoms with Gasteiger partial charge in [-0.2, -0.15) is 10.1 Å². The van der Waals surface area contributed by atoms with Crippen LogP contribution in [0.1, 0.15) is 184 Å². The zero-order valence-electron chi connectivity index (χ0n) is 74.7. The lowest BCUT2D eigenvalue weighted by Crippen LogP contribution is -2.61. The van der Waals surface area contributed by atoms with Crippen LogP contribution in [0.4, 0.5) is 11.8 Å². The van der Waals surface area contributed by atoms with Crippen LogP contribution in [0.5, 0.6) is 0 Å². The highest BCUT2D eigenvalue weighted by Gasteiger charge is 2.53. The van der Waals surface area contributed by atoms with Gasteiger partial charge < -0.3 is 97.3 Å². The van der Waals surface area contributed by atoms with Crippen molar-refractivity contribution in [3.05, 3.63) is 72.1 Å². The first-order valence-corrected chi connectivity index (χ1v) is 44.2. The van der Waals surface area contributed by atoms with Crippen molar-refractivity contribution in [1.82, 2.24) is 29.6 Å². The minimum absolute atomic E-state index is 0.00341. The smallest absolute Gasteiger partial charge is 0.329 e. The Bertz CT molecular complexity index is 4010. The number of ether oxygens (including phenoxy) is 14. The normalized spacial score (nSPS) is 26.8. The Hall–Kier alpha value is -7.67. The second-order valence-corrected chi connectivity index (χ2v) is 32.6. The van der Waals surface area contributed by atoms with E-state index in [1.807, 2.05) is 88.7 Å². The molecule has 688 valence electrons. The number of aliphatic hydroxyl groups is 2. The minimum atomic E-state index is -2.46. The molecule has 32 heteroatoms. The molecule has 6 N–H and O–H groups in total. The van der Waals surface area contributed by atoms with Crippen LogP contribution in [0, 0.1) is 35.5 Å². The summed E-state index contributed by atoms with van der Waals surface area (Å²) in [5.41, 5.74) is 16.5. The van der Waals surface area contributed by atoms with E-state index in [0.717, 1.165) is 30.4 Å². The van der Waals surface area contributed by atoms with Gasteiger partial charge in [0, 0.05) is 110 Å². The number of piperidine rings is 1. The molecule has 2 saturated heterocycles. The molecule has 0 radical (unpaired) electrons. The average Bonchev–Trinajstić information content (AvgIpc) is 1.72. The molecule has 1 aliphatic carbocycles. The van der Waals surface area contributed by atoms with Crippen molar-refractivity contribution in [1.29, 1.82) is 0 Å². The van der Waals surface area contributed by atoms with Crippen molar-refractivity contribution >= 4 is 74.9 Å². The number of aryl methyl sites for hydroxylation is 1. The second kappa shape index (κ2) is 55.0. The first-order chi connectivity index (χ1) is 59.2. The van der Waals surface area contributed by atoms with Gasteiger partial charge in [-0.3, -0.25) is 28.8 Å². The molecule has 4 aliphatic rings. The Morgan fingerprint density at radius 1 is 0.691 bits per heavy atom. The van der Waals surface area contributed by atoms with Crippen LogP contribution >= 0.6 is 0 Å². The minimum Gasteiger partial charge on any atom is -0.460 e. The van der Waals surface area contributed by atoms with Crippen LogP contribution in [-0.4, -0.2) is 269 Å². The zero-order chi connectivity index (χ0) is 89.2. The van der Waals surface area contributed by atoms with Crippen molar-refractivity contribution in [2.24, 2.45) is 35.5 Å². The molecule has 1 amide bonds. The predicted molar refractivity (Wildman–Crippen MR) is 461 cm³/mol. The van der Waals surface area contributed by atoms with E-state index in [1.54, 1.807) is 47.1 Å². The van der Waals surface area contributed by atoms with Gasteiger partial charge in [-0.25, -0.2) is 19.4 Å². The van der Waals surface area contributed by atoms with Gasteiger partial charge in [0.05, 0.1) is 110 Å². The van der Waals surface area contributed by atoms with Crippen LogP contribution in [0.15, 0.2) is 76.5 Å². The summed E-state index contributed by atoms with van der Waals surface area (Å²) in [4.78, 5) is 111. The Labute approximate surface area is 725 Å². The number of allylic oxidation sites excluding steroid dienone is 6. The Balaban J connectivity index is 0.000000451. The fraction of sp³-hybridized carbons (Fsp3) is 0.703. The number of carbonyl (C=O) groups is 7. The number of nitrogens with two attached hydrogens (primary N) is 2. The summed E-state index contributed by atoms with van der Waals surface area (Å²) in [6, 6.07) is 4.47. The van der Waals surface area contributed by atoms with Gasteiger partial charge in [-0.15, -0.1) is 0 Å². The molecule has 1 saturated carbocycles. The molecule has 3 aliphatic heterocycles. The number of cyclic esters (lactones) is 1. The van der Waals surface area contributed by atoms with Crippen LogP contribution < -0.4 is 11.5 Å². The number of fused-ring (bicyclic) bond motifs is 5. The SMILES string of the molecule is CCOCCOCCOCCC(=O)CCCCCn1nc(-c2ccc3oc(N)nc3c2)c2c(N)ncnc21.CCOCCOCCOCCOCCOCCCC(=O)O[C@@H]1CC[C@@H](C[C@@H](C)[C@@H]2CC(=O)[C@H](C)/C=C(\C)[C@@H](O)[C@@H](OC)C(=O)[C@H](C)C[C@H](C)/C=C/C=C/C=C(\C)[C@@H](OC)C[C@@H]3CC[C@@H](C)[C@@](O)(O3)C(=O)C(=O)N3CCCC[C@H]3C(=O)O2)C[C@H]1OC. The molecule has 1 aromatic carbocycles. The number of unbranched alkanes of at least 4 members (excludes halogenated alkanes) is 2. The number of aliphatic hydroxyl groups excluding tert-OH is 1. The molecule has 32 nitrogen and oxygen atoms in total. The van der Waals surface area contributed by atoms with Gasteiger partial charge in [-0.05, 0) is 158 Å².